The van der Waals surface area contributed by atoms with E-state index in [1.807, 2.05) is 6.07 Å². The van der Waals surface area contributed by atoms with Crippen molar-refractivity contribution in [2.24, 2.45) is 0 Å². The number of benzene rings is 2. The number of rotatable bonds is 0. The molecule has 0 aromatic heterocycles. The maximum Gasteiger partial charge on any atom is 0.209 e. The second kappa shape index (κ2) is 5.38. The van der Waals surface area contributed by atoms with Crippen molar-refractivity contribution >= 4 is 21.6 Å². The van der Waals surface area contributed by atoms with Crippen molar-refractivity contribution in [3.63, 3.8) is 0 Å². The molecule has 2 aliphatic rings. The van der Waals surface area contributed by atoms with Crippen LogP contribution in [0.25, 0.3) is 20.8 Å². The van der Waals surface area contributed by atoms with Crippen LogP contribution in [-0.2, 0) is 10.8 Å². The predicted octanol–water partition coefficient (Wildman–Crippen LogP) is 5.66. The smallest absolute Gasteiger partial charge is 0.209 e. The molecule has 0 amide bonds. The lowest BCUT2D eigenvalue weighted by Gasteiger charge is -2.27. The number of nitrogens with zero attached hydrogens (tertiary/aromatic N) is 1. The third-order valence-electron chi connectivity index (χ3n) is 4.38. The summed E-state index contributed by atoms with van der Waals surface area (Å²) in [5.74, 6) is 0. The molecule has 0 bridgehead atoms. The highest BCUT2D eigenvalue weighted by molar-refractivity contribution is 7.21. The molecule has 0 atom stereocenters. The summed E-state index contributed by atoms with van der Waals surface area (Å²) in [4.78, 5) is 18.9. The minimum Gasteiger partial charge on any atom is -0.287 e. The van der Waals surface area contributed by atoms with Gasteiger partial charge in [-0.2, -0.15) is 0 Å². The summed E-state index contributed by atoms with van der Waals surface area (Å²) in [6, 6.07) is 8.34. The molecule has 0 spiro atoms. The molecule has 0 saturated carbocycles. The number of hydrogen-bond acceptors (Lipinski definition) is 3. The van der Waals surface area contributed by atoms with Gasteiger partial charge in [0.25, 0.3) is 0 Å². The maximum atomic E-state index is 13.1. The Bertz CT molecular complexity index is 955. The quantitative estimate of drug-likeness (QED) is 0.494. The van der Waals surface area contributed by atoms with Crippen molar-refractivity contribution in [3.8, 4) is 10.6 Å². The summed E-state index contributed by atoms with van der Waals surface area (Å²) in [6.45, 7) is 15.0. The standard InChI is InChI=1S/C21H25NOS/c1-12-8-9-15-16(10-12)24-19-14(21(5,6)7)11-13(20(2,3)4)18(23)17(19)22-15/h8-11H,1-7H3. The topological polar surface area (TPSA) is 30.0 Å². The monoisotopic (exact) mass is 339 g/mol. The highest BCUT2D eigenvalue weighted by Gasteiger charge is 2.29. The van der Waals surface area contributed by atoms with Gasteiger partial charge in [0.2, 0.25) is 5.43 Å². The second-order valence-electron chi connectivity index (χ2n) is 8.66. The molecule has 0 unspecified atom stereocenters. The van der Waals surface area contributed by atoms with Gasteiger partial charge in [-0.15, -0.1) is 11.3 Å². The number of aryl methyl sites for hydroxylation is 1. The molecule has 2 nitrogen and oxygen atoms in total. The van der Waals surface area contributed by atoms with Crippen LogP contribution >= 0.6 is 11.3 Å². The Labute approximate surface area is 147 Å². The summed E-state index contributed by atoms with van der Waals surface area (Å²) in [7, 11) is 0. The fourth-order valence-corrected chi connectivity index (χ4v) is 4.37. The van der Waals surface area contributed by atoms with Crippen LogP contribution in [0.3, 0.4) is 0 Å². The summed E-state index contributed by atoms with van der Waals surface area (Å²) in [5, 5.41) is 0. The van der Waals surface area contributed by atoms with Crippen molar-refractivity contribution in [3.05, 3.63) is 51.2 Å². The van der Waals surface area contributed by atoms with Gasteiger partial charge in [-0.3, -0.25) is 4.79 Å². The average molecular weight is 340 g/mol. The molecule has 1 heterocycles. The van der Waals surface area contributed by atoms with Gasteiger partial charge in [0.05, 0.1) is 15.1 Å². The minimum atomic E-state index is -0.195. The summed E-state index contributed by atoms with van der Waals surface area (Å²) >= 11 is 1.69. The predicted molar refractivity (Wildman–Crippen MR) is 105 cm³/mol. The second-order valence-corrected chi connectivity index (χ2v) is 9.72. The minimum absolute atomic E-state index is 0.0400. The summed E-state index contributed by atoms with van der Waals surface area (Å²) < 4.78 is 1.14. The van der Waals surface area contributed by atoms with E-state index < -0.39 is 0 Å². The highest BCUT2D eigenvalue weighted by atomic mass is 32.1. The Hall–Kier alpha value is -1.74. The summed E-state index contributed by atoms with van der Waals surface area (Å²) in [5.41, 5.74) is 4.64. The van der Waals surface area contributed by atoms with Crippen molar-refractivity contribution in [1.29, 1.82) is 0 Å². The molecule has 1 aromatic rings. The Morgan fingerprint density at radius 3 is 2.12 bits per heavy atom. The zero-order valence-corrected chi connectivity index (χ0v) is 16.4. The number of hydrogen-bond donors (Lipinski definition) is 0. The Kier molecular flexibility index (Phi) is 3.83. The normalized spacial score (nSPS) is 13.0. The molecule has 0 saturated heterocycles. The van der Waals surface area contributed by atoms with E-state index >= 15 is 0 Å². The van der Waals surface area contributed by atoms with Gasteiger partial charge in [-0.05, 0) is 47.1 Å². The van der Waals surface area contributed by atoms with Gasteiger partial charge in [0.15, 0.2) is 0 Å². The first-order chi connectivity index (χ1) is 11.0. The Morgan fingerprint density at radius 2 is 1.54 bits per heavy atom. The highest BCUT2D eigenvalue weighted by Crippen LogP contribution is 2.39. The molecular weight excluding hydrogens is 314 g/mol. The van der Waals surface area contributed by atoms with Gasteiger partial charge < -0.3 is 0 Å². The van der Waals surface area contributed by atoms with Crippen LogP contribution in [0.2, 0.25) is 0 Å². The molecular formula is C21H25NOS. The molecule has 126 valence electrons. The van der Waals surface area contributed by atoms with E-state index in [0.717, 1.165) is 20.7 Å². The van der Waals surface area contributed by atoms with E-state index in [9.17, 15) is 4.79 Å². The first-order valence-electron chi connectivity index (χ1n) is 8.37. The third kappa shape index (κ3) is 2.86. The number of fused-ring (bicyclic) bond motifs is 2. The molecule has 1 aliphatic carbocycles. The fraction of sp³-hybridized carbons (Fsp3) is 0.429. The van der Waals surface area contributed by atoms with E-state index in [4.69, 9.17) is 4.98 Å². The van der Waals surface area contributed by atoms with Gasteiger partial charge in [-0.25, -0.2) is 4.98 Å². The average Bonchev–Trinajstić information content (AvgIpc) is 2.43. The van der Waals surface area contributed by atoms with Crippen molar-refractivity contribution < 1.29 is 0 Å². The van der Waals surface area contributed by atoms with E-state index in [2.05, 4.69) is 66.7 Å². The van der Waals surface area contributed by atoms with Crippen LogP contribution in [-0.4, -0.2) is 4.98 Å². The maximum absolute atomic E-state index is 13.1. The first kappa shape index (κ1) is 17.1. The SMILES string of the molecule is Cc1ccc2nc3c(=O)c(C(C)(C)C)cc(C(C)(C)C)c-3sc2c1. The molecule has 0 fully saturated rings. The van der Waals surface area contributed by atoms with E-state index in [0.29, 0.717) is 5.69 Å². The molecule has 3 heteroatoms. The van der Waals surface area contributed by atoms with Crippen LogP contribution in [0.4, 0.5) is 0 Å². The van der Waals surface area contributed by atoms with E-state index in [1.165, 1.54) is 11.1 Å². The zero-order chi connectivity index (χ0) is 17.9. The fourth-order valence-electron chi connectivity index (χ4n) is 2.98. The lowest BCUT2D eigenvalue weighted by Crippen LogP contribution is -2.27. The molecule has 24 heavy (non-hydrogen) atoms. The lowest BCUT2D eigenvalue weighted by molar-refractivity contribution is 0.566. The van der Waals surface area contributed by atoms with Crippen LogP contribution in [0.15, 0.2) is 29.1 Å². The first-order valence-corrected chi connectivity index (χ1v) is 9.19. The number of aromatic nitrogens is 1. The summed E-state index contributed by atoms with van der Waals surface area (Å²) in [6.07, 6.45) is 0. The zero-order valence-electron chi connectivity index (χ0n) is 15.6. The van der Waals surface area contributed by atoms with Gasteiger partial charge in [0.1, 0.15) is 5.69 Å². The van der Waals surface area contributed by atoms with Crippen LogP contribution in [0.1, 0.15) is 58.2 Å². The van der Waals surface area contributed by atoms with Gasteiger partial charge in [0, 0.05) is 5.56 Å². The van der Waals surface area contributed by atoms with Gasteiger partial charge in [-0.1, -0.05) is 47.6 Å². The van der Waals surface area contributed by atoms with E-state index in [1.54, 1.807) is 11.3 Å². The van der Waals surface area contributed by atoms with Gasteiger partial charge >= 0.3 is 0 Å². The molecule has 3 rings (SSSR count). The third-order valence-corrected chi connectivity index (χ3v) is 5.55. The molecule has 0 radical (unpaired) electrons. The molecule has 1 aliphatic heterocycles. The Morgan fingerprint density at radius 1 is 0.917 bits per heavy atom. The molecule has 1 aromatic carbocycles. The molecule has 0 N–H and O–H groups in total. The Balaban J connectivity index is 2.52. The van der Waals surface area contributed by atoms with Crippen LogP contribution in [0, 0.1) is 6.92 Å². The largest absolute Gasteiger partial charge is 0.287 e. The van der Waals surface area contributed by atoms with E-state index in [-0.39, 0.29) is 16.3 Å². The van der Waals surface area contributed by atoms with Crippen molar-refractivity contribution in [1.82, 2.24) is 4.98 Å². The van der Waals surface area contributed by atoms with Crippen molar-refractivity contribution in [2.75, 3.05) is 0 Å². The van der Waals surface area contributed by atoms with Crippen molar-refractivity contribution in [2.45, 2.75) is 59.3 Å². The van der Waals surface area contributed by atoms with Crippen LogP contribution in [0.5, 0.6) is 0 Å². The lowest BCUT2D eigenvalue weighted by atomic mass is 9.79. The van der Waals surface area contributed by atoms with Crippen LogP contribution < -0.4 is 5.43 Å².